The molecule has 0 spiro atoms. The SMILES string of the molecule is CCC(Sc1cccc(NC(=O)/C(=C/c2cccc(Cl)c2)NC(=O)c2ccccc2)c1)C(=O)Nc1ccc(Br)cc1. The van der Waals surface area contributed by atoms with Crippen LogP contribution in [0.15, 0.2) is 118 Å². The Balaban J connectivity index is 1.49. The van der Waals surface area contributed by atoms with Crippen molar-refractivity contribution in [3.05, 3.63) is 129 Å². The summed E-state index contributed by atoms with van der Waals surface area (Å²) in [5.74, 6) is -1.03. The molecule has 0 aliphatic rings. The number of carbonyl (C=O) groups excluding carboxylic acids is 3. The van der Waals surface area contributed by atoms with Gasteiger partial charge in [-0.05, 0) is 84.8 Å². The fourth-order valence-electron chi connectivity index (χ4n) is 3.79. The zero-order chi connectivity index (χ0) is 29.2. The van der Waals surface area contributed by atoms with Crippen molar-refractivity contribution in [2.45, 2.75) is 23.5 Å². The molecular weight excluding hydrogens is 622 g/mol. The van der Waals surface area contributed by atoms with E-state index < -0.39 is 11.8 Å². The average Bonchev–Trinajstić information content (AvgIpc) is 2.97. The molecule has 1 unspecified atom stereocenters. The Bertz CT molecular complexity index is 1560. The summed E-state index contributed by atoms with van der Waals surface area (Å²) in [5, 5.41) is 8.71. The minimum atomic E-state index is -0.503. The van der Waals surface area contributed by atoms with E-state index >= 15 is 0 Å². The molecule has 6 nitrogen and oxygen atoms in total. The summed E-state index contributed by atoms with van der Waals surface area (Å²) in [7, 11) is 0. The molecular formula is C32H27BrClN3O3S. The van der Waals surface area contributed by atoms with Crippen LogP contribution in [0.25, 0.3) is 6.08 Å². The minimum absolute atomic E-state index is 0.0551. The second kappa shape index (κ2) is 14.7. The maximum Gasteiger partial charge on any atom is 0.272 e. The molecule has 0 bridgehead atoms. The lowest BCUT2D eigenvalue weighted by Gasteiger charge is -2.16. The van der Waals surface area contributed by atoms with Crippen molar-refractivity contribution < 1.29 is 14.4 Å². The Labute approximate surface area is 256 Å². The lowest BCUT2D eigenvalue weighted by Crippen LogP contribution is -2.30. The van der Waals surface area contributed by atoms with Gasteiger partial charge in [0.1, 0.15) is 5.70 Å². The Morgan fingerprint density at radius 3 is 2.29 bits per heavy atom. The van der Waals surface area contributed by atoms with Crippen LogP contribution in [0.2, 0.25) is 5.02 Å². The van der Waals surface area contributed by atoms with Crippen LogP contribution in [0.3, 0.4) is 0 Å². The van der Waals surface area contributed by atoms with E-state index in [9.17, 15) is 14.4 Å². The Morgan fingerprint density at radius 1 is 0.854 bits per heavy atom. The van der Waals surface area contributed by atoms with Crippen molar-refractivity contribution in [2.75, 3.05) is 10.6 Å². The summed E-state index contributed by atoms with van der Waals surface area (Å²) in [4.78, 5) is 40.0. The molecule has 0 heterocycles. The topological polar surface area (TPSA) is 87.3 Å². The molecule has 0 saturated carbocycles. The molecule has 1 atom stereocenters. The van der Waals surface area contributed by atoms with Crippen molar-refractivity contribution in [1.29, 1.82) is 0 Å². The van der Waals surface area contributed by atoms with E-state index in [1.807, 2.05) is 43.3 Å². The minimum Gasteiger partial charge on any atom is -0.325 e. The van der Waals surface area contributed by atoms with Crippen LogP contribution in [0.1, 0.15) is 29.3 Å². The van der Waals surface area contributed by atoms with Crippen molar-refractivity contribution >= 4 is 74.5 Å². The van der Waals surface area contributed by atoms with E-state index in [0.29, 0.717) is 28.3 Å². The van der Waals surface area contributed by atoms with Gasteiger partial charge in [0.2, 0.25) is 5.91 Å². The molecule has 0 aliphatic carbocycles. The van der Waals surface area contributed by atoms with Crippen molar-refractivity contribution in [3.8, 4) is 0 Å². The molecule has 3 amide bonds. The summed E-state index contributed by atoms with van der Waals surface area (Å²) >= 11 is 10.9. The predicted molar refractivity (Wildman–Crippen MR) is 171 cm³/mol. The molecule has 3 N–H and O–H groups in total. The summed E-state index contributed by atoms with van der Waals surface area (Å²) < 4.78 is 0.931. The molecule has 9 heteroatoms. The molecule has 4 aromatic carbocycles. The molecule has 208 valence electrons. The first-order valence-electron chi connectivity index (χ1n) is 12.8. The van der Waals surface area contributed by atoms with E-state index in [4.69, 9.17) is 11.6 Å². The van der Waals surface area contributed by atoms with Crippen LogP contribution in [-0.2, 0) is 9.59 Å². The lowest BCUT2D eigenvalue weighted by molar-refractivity contribution is -0.116. The van der Waals surface area contributed by atoms with E-state index in [0.717, 1.165) is 15.1 Å². The number of amides is 3. The Kier molecular flexibility index (Phi) is 10.8. The smallest absolute Gasteiger partial charge is 0.272 e. The van der Waals surface area contributed by atoms with E-state index in [1.54, 1.807) is 72.8 Å². The number of halogens is 2. The number of benzene rings is 4. The average molecular weight is 649 g/mol. The van der Waals surface area contributed by atoms with Gasteiger partial charge in [-0.15, -0.1) is 11.8 Å². The number of rotatable bonds is 10. The third-order valence-electron chi connectivity index (χ3n) is 5.83. The highest BCUT2D eigenvalue weighted by atomic mass is 79.9. The van der Waals surface area contributed by atoms with E-state index in [-0.39, 0.29) is 16.9 Å². The third-order valence-corrected chi connectivity index (χ3v) is 7.96. The van der Waals surface area contributed by atoms with E-state index in [2.05, 4.69) is 31.9 Å². The molecule has 0 fully saturated rings. The highest BCUT2D eigenvalue weighted by Crippen LogP contribution is 2.29. The van der Waals surface area contributed by atoms with Gasteiger partial charge in [0.05, 0.1) is 5.25 Å². The first-order chi connectivity index (χ1) is 19.8. The molecule has 0 aromatic heterocycles. The molecule has 0 aliphatic heterocycles. The van der Waals surface area contributed by atoms with Crippen LogP contribution < -0.4 is 16.0 Å². The maximum atomic E-state index is 13.4. The monoisotopic (exact) mass is 647 g/mol. The fourth-order valence-corrected chi connectivity index (χ4v) is 5.27. The normalized spacial score (nSPS) is 11.8. The Hall–Kier alpha value is -3.85. The van der Waals surface area contributed by atoms with Crippen LogP contribution in [0.5, 0.6) is 0 Å². The summed E-state index contributed by atoms with van der Waals surface area (Å²) in [6.07, 6.45) is 2.18. The van der Waals surface area contributed by atoms with Crippen molar-refractivity contribution in [1.82, 2.24) is 5.32 Å². The highest BCUT2D eigenvalue weighted by molar-refractivity contribution is 9.10. The standard InChI is InChI=1S/C32H27BrClN3O3S/c1-2-29(32(40)35-25-16-14-23(33)15-17-25)41-27-13-7-12-26(20-27)36-31(39)28(19-21-8-6-11-24(34)18-21)37-30(38)22-9-4-3-5-10-22/h3-20,29H,2H2,1H3,(H,35,40)(H,36,39)(H,37,38)/b28-19-. The van der Waals surface area contributed by atoms with Gasteiger partial charge < -0.3 is 16.0 Å². The quantitative estimate of drug-likeness (QED) is 0.120. The van der Waals surface area contributed by atoms with Gasteiger partial charge in [0, 0.05) is 31.3 Å². The molecule has 4 rings (SSSR count). The highest BCUT2D eigenvalue weighted by Gasteiger charge is 2.19. The summed E-state index contributed by atoms with van der Waals surface area (Å²) in [6.45, 7) is 1.95. The molecule has 0 saturated heterocycles. The van der Waals surface area contributed by atoms with Crippen LogP contribution >= 0.6 is 39.3 Å². The zero-order valence-corrected chi connectivity index (χ0v) is 25.2. The number of nitrogens with one attached hydrogen (secondary N) is 3. The molecule has 4 aromatic rings. The third kappa shape index (κ3) is 9.08. The van der Waals surface area contributed by atoms with Crippen LogP contribution in [-0.4, -0.2) is 23.0 Å². The van der Waals surface area contributed by atoms with Gasteiger partial charge in [0.25, 0.3) is 11.8 Å². The number of hydrogen-bond acceptors (Lipinski definition) is 4. The summed E-state index contributed by atoms with van der Waals surface area (Å²) in [5.41, 5.74) is 2.37. The fraction of sp³-hybridized carbons (Fsp3) is 0.0938. The van der Waals surface area contributed by atoms with Crippen LogP contribution in [0.4, 0.5) is 11.4 Å². The first kappa shape index (κ1) is 30.1. The van der Waals surface area contributed by atoms with Gasteiger partial charge in [0.15, 0.2) is 0 Å². The number of thioether (sulfide) groups is 1. The largest absolute Gasteiger partial charge is 0.325 e. The van der Waals surface area contributed by atoms with Gasteiger partial charge in [-0.3, -0.25) is 14.4 Å². The second-order valence-corrected chi connectivity index (χ2v) is 11.6. The second-order valence-electron chi connectivity index (χ2n) is 8.93. The van der Waals surface area contributed by atoms with Gasteiger partial charge in [-0.2, -0.15) is 0 Å². The van der Waals surface area contributed by atoms with Crippen LogP contribution in [0, 0.1) is 0 Å². The van der Waals surface area contributed by atoms with Crippen molar-refractivity contribution in [2.24, 2.45) is 0 Å². The zero-order valence-electron chi connectivity index (χ0n) is 22.1. The van der Waals surface area contributed by atoms with Gasteiger partial charge >= 0.3 is 0 Å². The predicted octanol–water partition coefficient (Wildman–Crippen LogP) is 8.02. The molecule has 41 heavy (non-hydrogen) atoms. The maximum absolute atomic E-state index is 13.4. The van der Waals surface area contributed by atoms with Gasteiger partial charge in [-0.1, -0.05) is 70.9 Å². The first-order valence-corrected chi connectivity index (χ1v) is 14.8. The lowest BCUT2D eigenvalue weighted by atomic mass is 10.1. The Morgan fingerprint density at radius 2 is 1.59 bits per heavy atom. The number of carbonyl (C=O) groups is 3. The molecule has 0 radical (unpaired) electrons. The summed E-state index contributed by atoms with van der Waals surface area (Å²) in [6, 6.07) is 30.3. The van der Waals surface area contributed by atoms with E-state index in [1.165, 1.54) is 11.8 Å². The van der Waals surface area contributed by atoms with Gasteiger partial charge in [-0.25, -0.2) is 0 Å². The van der Waals surface area contributed by atoms with Crippen molar-refractivity contribution in [3.63, 3.8) is 0 Å². The number of hydrogen-bond donors (Lipinski definition) is 3. The number of anilines is 2.